The van der Waals surface area contributed by atoms with Gasteiger partial charge >= 0.3 is 0 Å². The molecule has 0 aromatic heterocycles. The summed E-state index contributed by atoms with van der Waals surface area (Å²) in [6, 6.07) is 6.18. The highest BCUT2D eigenvalue weighted by Gasteiger charge is 2.10. The average molecular weight is 315 g/mol. The van der Waals surface area contributed by atoms with E-state index in [-0.39, 0.29) is 12.5 Å². The molecule has 0 aliphatic heterocycles. The first-order valence-corrected chi connectivity index (χ1v) is 8.74. The maximum atomic E-state index is 12.0. The van der Waals surface area contributed by atoms with E-state index in [1.54, 1.807) is 0 Å². The third-order valence-corrected chi connectivity index (χ3v) is 4.30. The summed E-state index contributed by atoms with van der Waals surface area (Å²) in [5.41, 5.74) is 3.78. The van der Waals surface area contributed by atoms with Crippen molar-refractivity contribution in [2.75, 3.05) is 13.2 Å². The van der Waals surface area contributed by atoms with Crippen molar-refractivity contribution in [1.29, 1.82) is 0 Å². The van der Waals surface area contributed by atoms with Gasteiger partial charge in [-0.25, -0.2) is 0 Å². The van der Waals surface area contributed by atoms with E-state index in [9.17, 15) is 4.79 Å². The van der Waals surface area contributed by atoms with Crippen LogP contribution in [-0.2, 0) is 4.79 Å². The predicted octanol–water partition coefficient (Wildman–Crippen LogP) is 4.50. The first-order valence-electron chi connectivity index (χ1n) is 8.74. The molecule has 1 aliphatic carbocycles. The molecule has 0 unspecified atom stereocenters. The summed E-state index contributed by atoms with van der Waals surface area (Å²) >= 11 is 0. The molecule has 0 spiro atoms. The van der Waals surface area contributed by atoms with Gasteiger partial charge in [-0.05, 0) is 62.1 Å². The summed E-state index contributed by atoms with van der Waals surface area (Å²) in [6.45, 7) is 7.10. The first kappa shape index (κ1) is 17.6. The third-order valence-electron chi connectivity index (χ3n) is 4.30. The van der Waals surface area contributed by atoms with E-state index in [1.807, 2.05) is 13.0 Å². The van der Waals surface area contributed by atoms with Crippen LogP contribution in [0.5, 0.6) is 5.75 Å². The predicted molar refractivity (Wildman–Crippen MR) is 94.9 cm³/mol. The maximum absolute atomic E-state index is 12.0. The van der Waals surface area contributed by atoms with E-state index in [2.05, 4.69) is 37.4 Å². The highest BCUT2D eigenvalue weighted by molar-refractivity contribution is 5.77. The van der Waals surface area contributed by atoms with E-state index < -0.39 is 0 Å². The third kappa shape index (κ3) is 5.74. The molecule has 23 heavy (non-hydrogen) atoms. The molecule has 1 aliphatic rings. The van der Waals surface area contributed by atoms with E-state index in [0.717, 1.165) is 23.3 Å². The van der Waals surface area contributed by atoms with E-state index >= 15 is 0 Å². The Morgan fingerprint density at radius 2 is 2.13 bits per heavy atom. The molecule has 1 N–H and O–H groups in total. The second kappa shape index (κ2) is 8.76. The molecule has 0 saturated heterocycles. The fourth-order valence-electron chi connectivity index (χ4n) is 2.93. The average Bonchev–Trinajstić information content (AvgIpc) is 2.53. The van der Waals surface area contributed by atoms with Crippen LogP contribution in [0.2, 0.25) is 0 Å². The molecule has 3 nitrogen and oxygen atoms in total. The van der Waals surface area contributed by atoms with Gasteiger partial charge in [-0.1, -0.05) is 37.6 Å². The minimum Gasteiger partial charge on any atom is -0.483 e. The Morgan fingerprint density at radius 3 is 2.83 bits per heavy atom. The standard InChI is InChI=1S/C20H29NO2/c1-15(2)18-10-9-16(3)13-19(18)23-14-20(22)21-12-11-17-7-5-4-6-8-17/h7,9-10,13,15H,4-6,8,11-12,14H2,1-3H3,(H,21,22). The highest BCUT2D eigenvalue weighted by Crippen LogP contribution is 2.27. The lowest BCUT2D eigenvalue weighted by Crippen LogP contribution is -2.30. The zero-order valence-corrected chi connectivity index (χ0v) is 14.7. The van der Waals surface area contributed by atoms with Gasteiger partial charge in [-0.15, -0.1) is 0 Å². The number of hydrogen-bond acceptors (Lipinski definition) is 2. The number of rotatable bonds is 7. The lowest BCUT2D eigenvalue weighted by atomic mass is 9.97. The van der Waals surface area contributed by atoms with E-state index in [4.69, 9.17) is 4.74 Å². The monoisotopic (exact) mass is 315 g/mol. The van der Waals surface area contributed by atoms with Gasteiger partial charge in [-0.3, -0.25) is 4.79 Å². The molecule has 2 rings (SSSR count). The quantitative estimate of drug-likeness (QED) is 0.752. The Labute approximate surface area is 140 Å². The Hall–Kier alpha value is -1.77. The molecule has 0 atom stereocenters. The Morgan fingerprint density at radius 1 is 1.30 bits per heavy atom. The van der Waals surface area contributed by atoms with E-state index in [1.165, 1.54) is 31.3 Å². The van der Waals surface area contributed by atoms with Crippen molar-refractivity contribution in [2.45, 2.75) is 58.8 Å². The van der Waals surface area contributed by atoms with Crippen LogP contribution >= 0.6 is 0 Å². The second-order valence-corrected chi connectivity index (χ2v) is 6.69. The van der Waals surface area contributed by atoms with Crippen molar-refractivity contribution < 1.29 is 9.53 Å². The smallest absolute Gasteiger partial charge is 0.257 e. The number of allylic oxidation sites excluding steroid dienone is 1. The highest BCUT2D eigenvalue weighted by atomic mass is 16.5. The van der Waals surface area contributed by atoms with Gasteiger partial charge < -0.3 is 10.1 Å². The Balaban J connectivity index is 1.78. The molecular weight excluding hydrogens is 286 g/mol. The van der Waals surface area contributed by atoms with Crippen LogP contribution in [0.4, 0.5) is 0 Å². The Bertz CT molecular complexity index is 561. The number of hydrogen-bond donors (Lipinski definition) is 1. The van der Waals surface area contributed by atoms with Crippen molar-refractivity contribution in [2.24, 2.45) is 0 Å². The Kier molecular flexibility index (Phi) is 6.69. The zero-order chi connectivity index (χ0) is 16.7. The van der Waals surface area contributed by atoms with Gasteiger partial charge in [0.2, 0.25) is 0 Å². The topological polar surface area (TPSA) is 38.3 Å². The molecule has 1 amide bonds. The second-order valence-electron chi connectivity index (χ2n) is 6.69. The van der Waals surface area contributed by atoms with Crippen LogP contribution in [0.3, 0.4) is 0 Å². The lowest BCUT2D eigenvalue weighted by Gasteiger charge is -2.15. The van der Waals surface area contributed by atoms with Gasteiger partial charge in [0.15, 0.2) is 6.61 Å². The minimum atomic E-state index is -0.0439. The van der Waals surface area contributed by atoms with Crippen molar-refractivity contribution in [1.82, 2.24) is 5.32 Å². The van der Waals surface area contributed by atoms with Gasteiger partial charge in [0.05, 0.1) is 0 Å². The van der Waals surface area contributed by atoms with Crippen LogP contribution < -0.4 is 10.1 Å². The number of nitrogens with one attached hydrogen (secondary N) is 1. The first-order chi connectivity index (χ1) is 11.1. The number of benzene rings is 1. The molecule has 0 fully saturated rings. The number of carbonyl (C=O) groups is 1. The molecule has 3 heteroatoms. The summed E-state index contributed by atoms with van der Waals surface area (Å²) in [5, 5.41) is 2.96. The summed E-state index contributed by atoms with van der Waals surface area (Å²) < 4.78 is 5.76. The zero-order valence-electron chi connectivity index (χ0n) is 14.7. The molecule has 126 valence electrons. The maximum Gasteiger partial charge on any atom is 0.257 e. The molecule has 0 radical (unpaired) electrons. The van der Waals surface area contributed by atoms with Crippen LogP contribution in [0, 0.1) is 6.92 Å². The fourth-order valence-corrected chi connectivity index (χ4v) is 2.93. The van der Waals surface area contributed by atoms with Gasteiger partial charge in [0.25, 0.3) is 5.91 Å². The number of amides is 1. The SMILES string of the molecule is Cc1ccc(C(C)C)c(OCC(=O)NCCC2=CCCCC2)c1. The normalized spacial score (nSPS) is 14.5. The molecule has 1 aromatic carbocycles. The van der Waals surface area contributed by atoms with Gasteiger partial charge in [-0.2, -0.15) is 0 Å². The van der Waals surface area contributed by atoms with Crippen molar-refractivity contribution in [3.05, 3.63) is 41.0 Å². The summed E-state index contributed by atoms with van der Waals surface area (Å²) in [6.07, 6.45) is 8.26. The summed E-state index contributed by atoms with van der Waals surface area (Å²) in [7, 11) is 0. The lowest BCUT2D eigenvalue weighted by molar-refractivity contribution is -0.123. The molecule has 0 saturated carbocycles. The molecule has 1 aromatic rings. The van der Waals surface area contributed by atoms with Crippen LogP contribution in [-0.4, -0.2) is 19.1 Å². The molecule has 0 bridgehead atoms. The van der Waals surface area contributed by atoms with Crippen LogP contribution in [0.15, 0.2) is 29.8 Å². The van der Waals surface area contributed by atoms with E-state index in [0.29, 0.717) is 12.5 Å². The van der Waals surface area contributed by atoms with Gasteiger partial charge in [0, 0.05) is 6.54 Å². The number of ether oxygens (including phenoxy) is 1. The van der Waals surface area contributed by atoms with Crippen molar-refractivity contribution >= 4 is 5.91 Å². The molecular formula is C20H29NO2. The van der Waals surface area contributed by atoms with Crippen molar-refractivity contribution in [3.8, 4) is 5.75 Å². The van der Waals surface area contributed by atoms with Crippen molar-refractivity contribution in [3.63, 3.8) is 0 Å². The van der Waals surface area contributed by atoms with Gasteiger partial charge in [0.1, 0.15) is 5.75 Å². The number of carbonyl (C=O) groups excluding carboxylic acids is 1. The van der Waals surface area contributed by atoms with Crippen LogP contribution in [0.1, 0.15) is 63.0 Å². The number of aryl methyl sites for hydroxylation is 1. The largest absolute Gasteiger partial charge is 0.483 e. The molecule has 0 heterocycles. The van der Waals surface area contributed by atoms with Crippen LogP contribution in [0.25, 0.3) is 0 Å². The minimum absolute atomic E-state index is 0.0439. The summed E-state index contributed by atoms with van der Waals surface area (Å²) in [4.78, 5) is 12.0. The fraction of sp³-hybridized carbons (Fsp3) is 0.550. The summed E-state index contributed by atoms with van der Waals surface area (Å²) in [5.74, 6) is 1.16.